The summed E-state index contributed by atoms with van der Waals surface area (Å²) >= 11 is 0. The summed E-state index contributed by atoms with van der Waals surface area (Å²) in [6, 6.07) is -0.328. The highest BCUT2D eigenvalue weighted by Gasteiger charge is 2.15. The van der Waals surface area contributed by atoms with Gasteiger partial charge in [0.05, 0.1) is 19.3 Å². The van der Waals surface area contributed by atoms with Crippen LogP contribution in [0.5, 0.6) is 0 Å². The zero-order valence-electron chi connectivity index (χ0n) is 14.8. The van der Waals surface area contributed by atoms with E-state index in [9.17, 15) is 14.7 Å². The van der Waals surface area contributed by atoms with Gasteiger partial charge in [0.15, 0.2) is 0 Å². The molecule has 3 N–H and O–H groups in total. The van der Waals surface area contributed by atoms with Crippen molar-refractivity contribution in [1.82, 2.24) is 10.6 Å². The number of amides is 2. The van der Waals surface area contributed by atoms with Crippen LogP contribution in [0.3, 0.4) is 0 Å². The summed E-state index contributed by atoms with van der Waals surface area (Å²) < 4.78 is 10.1. The summed E-state index contributed by atoms with van der Waals surface area (Å²) in [7, 11) is 0. The summed E-state index contributed by atoms with van der Waals surface area (Å²) in [5.74, 6) is 0. The molecule has 2 amide bonds. The van der Waals surface area contributed by atoms with Gasteiger partial charge in [-0.1, -0.05) is 13.3 Å². The minimum atomic E-state index is -0.506. The number of ether oxygens (including phenoxy) is 2. The first-order valence-corrected chi connectivity index (χ1v) is 8.29. The summed E-state index contributed by atoms with van der Waals surface area (Å²) in [6.07, 6.45) is 2.97. The predicted molar refractivity (Wildman–Crippen MR) is 88.4 cm³/mol. The van der Waals surface area contributed by atoms with Gasteiger partial charge in [-0.3, -0.25) is 0 Å². The molecule has 23 heavy (non-hydrogen) atoms. The maximum Gasteiger partial charge on any atom is 0.407 e. The third-order valence-corrected chi connectivity index (χ3v) is 2.92. The zero-order valence-corrected chi connectivity index (χ0v) is 14.8. The molecule has 0 rings (SSSR count). The first kappa shape index (κ1) is 21.5. The molecule has 0 radical (unpaired) electrons. The summed E-state index contributed by atoms with van der Waals surface area (Å²) in [6.45, 7) is 8.19. The van der Waals surface area contributed by atoms with Gasteiger partial charge in [-0.05, 0) is 46.5 Å². The Labute approximate surface area is 139 Å². The number of unbranched alkanes of at least 4 members (excludes halogenated alkanes) is 2. The van der Waals surface area contributed by atoms with Crippen LogP contribution < -0.4 is 10.6 Å². The largest absolute Gasteiger partial charge is 0.450 e. The van der Waals surface area contributed by atoms with Gasteiger partial charge in [0.25, 0.3) is 0 Å². The molecule has 0 saturated heterocycles. The molecular weight excluding hydrogens is 300 g/mol. The second-order valence-corrected chi connectivity index (χ2v) is 6.44. The lowest BCUT2D eigenvalue weighted by molar-refractivity contribution is 0.0526. The molecule has 0 aliphatic carbocycles. The Hall–Kier alpha value is -1.50. The van der Waals surface area contributed by atoms with Crippen molar-refractivity contribution >= 4 is 12.2 Å². The monoisotopic (exact) mass is 332 g/mol. The van der Waals surface area contributed by atoms with Crippen molar-refractivity contribution in [2.75, 3.05) is 19.8 Å². The molecule has 0 heterocycles. The van der Waals surface area contributed by atoms with E-state index in [0.717, 1.165) is 25.7 Å². The third-order valence-electron chi connectivity index (χ3n) is 2.92. The normalized spacial score (nSPS) is 12.4. The molecule has 0 saturated carbocycles. The maximum absolute atomic E-state index is 11.5. The van der Waals surface area contributed by atoms with Crippen LogP contribution in [0.2, 0.25) is 0 Å². The standard InChI is InChI=1S/C16H32N2O5/c1-5-6-11-22-15(21)18-13(12-19)9-7-8-10-17-14(20)23-16(2,3)4/h13,19H,5-12H2,1-4H3,(H,17,20)(H,18,21)/t13-/m0/s1. The maximum atomic E-state index is 11.5. The number of hydrogen-bond donors (Lipinski definition) is 3. The number of aliphatic hydroxyl groups excluding tert-OH is 1. The Morgan fingerprint density at radius 2 is 1.83 bits per heavy atom. The average molecular weight is 332 g/mol. The number of alkyl carbamates (subject to hydrolysis) is 2. The van der Waals surface area contributed by atoms with Gasteiger partial charge in [-0.25, -0.2) is 9.59 Å². The first-order chi connectivity index (χ1) is 10.8. The number of nitrogens with one attached hydrogen (secondary N) is 2. The summed E-state index contributed by atoms with van der Waals surface area (Å²) in [4.78, 5) is 22.9. The molecule has 0 fully saturated rings. The second-order valence-electron chi connectivity index (χ2n) is 6.44. The number of hydrogen-bond acceptors (Lipinski definition) is 5. The van der Waals surface area contributed by atoms with Crippen LogP contribution in [0.25, 0.3) is 0 Å². The molecule has 0 aromatic heterocycles. The Balaban J connectivity index is 3.75. The van der Waals surface area contributed by atoms with E-state index in [-0.39, 0.29) is 12.6 Å². The fraction of sp³-hybridized carbons (Fsp3) is 0.875. The molecule has 7 nitrogen and oxygen atoms in total. The van der Waals surface area contributed by atoms with Crippen molar-refractivity contribution in [3.05, 3.63) is 0 Å². The van der Waals surface area contributed by atoms with Crippen LogP contribution in [-0.4, -0.2) is 48.7 Å². The zero-order chi connectivity index (χ0) is 17.7. The van der Waals surface area contributed by atoms with Crippen LogP contribution in [-0.2, 0) is 9.47 Å². The fourth-order valence-corrected chi connectivity index (χ4v) is 1.75. The van der Waals surface area contributed by atoms with Crippen molar-refractivity contribution in [2.24, 2.45) is 0 Å². The van der Waals surface area contributed by atoms with Crippen molar-refractivity contribution in [3.63, 3.8) is 0 Å². The molecule has 0 aromatic rings. The number of aliphatic hydroxyl groups is 1. The molecule has 0 unspecified atom stereocenters. The highest BCUT2D eigenvalue weighted by Crippen LogP contribution is 2.06. The summed E-state index contributed by atoms with van der Waals surface area (Å²) in [5.41, 5.74) is -0.506. The van der Waals surface area contributed by atoms with Gasteiger partial charge in [0.2, 0.25) is 0 Å². The van der Waals surface area contributed by atoms with Gasteiger partial charge < -0.3 is 25.2 Å². The first-order valence-electron chi connectivity index (χ1n) is 8.29. The van der Waals surface area contributed by atoms with E-state index in [1.807, 2.05) is 27.7 Å². The average Bonchev–Trinajstić information content (AvgIpc) is 2.44. The lowest BCUT2D eigenvalue weighted by Crippen LogP contribution is -2.38. The molecule has 7 heteroatoms. The minimum Gasteiger partial charge on any atom is -0.450 e. The topological polar surface area (TPSA) is 96.9 Å². The Bertz CT molecular complexity index is 342. The molecule has 0 aliphatic heterocycles. The SMILES string of the molecule is CCCCOC(=O)N[C@H](CO)CCCCNC(=O)OC(C)(C)C. The highest BCUT2D eigenvalue weighted by molar-refractivity contribution is 5.67. The van der Waals surface area contributed by atoms with E-state index in [4.69, 9.17) is 9.47 Å². The van der Waals surface area contributed by atoms with E-state index in [1.54, 1.807) is 0 Å². The van der Waals surface area contributed by atoms with E-state index in [2.05, 4.69) is 10.6 Å². The summed E-state index contributed by atoms with van der Waals surface area (Å²) in [5, 5.41) is 14.6. The molecule has 0 bridgehead atoms. The Morgan fingerprint density at radius 1 is 1.13 bits per heavy atom. The van der Waals surface area contributed by atoms with Crippen molar-refractivity contribution in [1.29, 1.82) is 0 Å². The van der Waals surface area contributed by atoms with Crippen molar-refractivity contribution in [2.45, 2.75) is 71.4 Å². The van der Waals surface area contributed by atoms with Crippen LogP contribution in [0.15, 0.2) is 0 Å². The lowest BCUT2D eigenvalue weighted by atomic mass is 10.1. The van der Waals surface area contributed by atoms with Crippen LogP contribution in [0, 0.1) is 0 Å². The molecule has 136 valence electrons. The van der Waals surface area contributed by atoms with E-state index in [1.165, 1.54) is 0 Å². The van der Waals surface area contributed by atoms with Gasteiger partial charge in [-0.2, -0.15) is 0 Å². The number of carbonyl (C=O) groups excluding carboxylic acids is 2. The second kappa shape index (κ2) is 12.0. The molecule has 1 atom stereocenters. The molecule has 0 aliphatic rings. The predicted octanol–water partition coefficient (Wildman–Crippen LogP) is 2.57. The van der Waals surface area contributed by atoms with Gasteiger partial charge in [0.1, 0.15) is 5.60 Å². The van der Waals surface area contributed by atoms with Crippen molar-refractivity contribution < 1.29 is 24.2 Å². The van der Waals surface area contributed by atoms with E-state index >= 15 is 0 Å². The fourth-order valence-electron chi connectivity index (χ4n) is 1.75. The molecule has 0 aromatic carbocycles. The van der Waals surface area contributed by atoms with E-state index in [0.29, 0.717) is 19.6 Å². The number of rotatable bonds is 10. The quantitative estimate of drug-likeness (QED) is 0.534. The van der Waals surface area contributed by atoms with Crippen LogP contribution in [0.4, 0.5) is 9.59 Å². The van der Waals surface area contributed by atoms with Crippen LogP contribution in [0.1, 0.15) is 59.8 Å². The molecular formula is C16H32N2O5. The number of carbonyl (C=O) groups is 2. The van der Waals surface area contributed by atoms with Gasteiger partial charge in [0, 0.05) is 6.54 Å². The third kappa shape index (κ3) is 13.9. The lowest BCUT2D eigenvalue weighted by Gasteiger charge is -2.20. The van der Waals surface area contributed by atoms with Crippen molar-refractivity contribution in [3.8, 4) is 0 Å². The van der Waals surface area contributed by atoms with Gasteiger partial charge in [-0.15, -0.1) is 0 Å². The van der Waals surface area contributed by atoms with Crippen LogP contribution >= 0.6 is 0 Å². The van der Waals surface area contributed by atoms with E-state index < -0.39 is 17.8 Å². The van der Waals surface area contributed by atoms with Gasteiger partial charge >= 0.3 is 12.2 Å². The molecule has 0 spiro atoms. The smallest absolute Gasteiger partial charge is 0.407 e. The minimum absolute atomic E-state index is 0.137. The highest BCUT2D eigenvalue weighted by atomic mass is 16.6. The Kier molecular flexibility index (Phi) is 11.2. The Morgan fingerprint density at radius 3 is 2.39 bits per heavy atom.